The summed E-state index contributed by atoms with van der Waals surface area (Å²) in [6, 6.07) is 11.9. The van der Waals surface area contributed by atoms with Gasteiger partial charge in [0.2, 0.25) is 5.95 Å². The first-order valence-corrected chi connectivity index (χ1v) is 6.37. The SMILES string of the molecule is O=C(Nc1cccc(F)n1)C1OCCc2ccccc21. The van der Waals surface area contributed by atoms with Crippen LogP contribution in [0.5, 0.6) is 0 Å². The van der Waals surface area contributed by atoms with Gasteiger partial charge in [0.05, 0.1) is 6.61 Å². The van der Waals surface area contributed by atoms with Gasteiger partial charge in [-0.1, -0.05) is 30.3 Å². The summed E-state index contributed by atoms with van der Waals surface area (Å²) < 4.78 is 18.5. The minimum Gasteiger partial charge on any atom is -0.363 e. The summed E-state index contributed by atoms with van der Waals surface area (Å²) in [4.78, 5) is 15.9. The van der Waals surface area contributed by atoms with Crippen LogP contribution in [-0.2, 0) is 16.0 Å². The smallest absolute Gasteiger partial charge is 0.259 e. The van der Waals surface area contributed by atoms with E-state index in [4.69, 9.17) is 4.74 Å². The van der Waals surface area contributed by atoms with Crippen molar-refractivity contribution in [1.29, 1.82) is 0 Å². The molecule has 1 atom stereocenters. The number of pyridine rings is 1. The maximum absolute atomic E-state index is 13.0. The molecule has 2 aromatic rings. The topological polar surface area (TPSA) is 51.2 Å². The van der Waals surface area contributed by atoms with Crippen molar-refractivity contribution in [2.45, 2.75) is 12.5 Å². The van der Waals surface area contributed by atoms with Gasteiger partial charge in [-0.2, -0.15) is 4.39 Å². The molecule has 1 unspecified atom stereocenters. The predicted molar refractivity (Wildman–Crippen MR) is 71.7 cm³/mol. The number of rotatable bonds is 2. The first kappa shape index (κ1) is 12.7. The van der Waals surface area contributed by atoms with Crippen molar-refractivity contribution in [3.8, 4) is 0 Å². The van der Waals surface area contributed by atoms with Crippen molar-refractivity contribution in [2.75, 3.05) is 11.9 Å². The van der Waals surface area contributed by atoms with E-state index in [1.165, 1.54) is 18.2 Å². The van der Waals surface area contributed by atoms with Crippen LogP contribution in [0.3, 0.4) is 0 Å². The number of benzene rings is 1. The zero-order valence-electron chi connectivity index (χ0n) is 10.7. The number of amides is 1. The molecule has 3 rings (SSSR count). The first-order chi connectivity index (χ1) is 9.74. The fraction of sp³-hybridized carbons (Fsp3) is 0.200. The lowest BCUT2D eigenvalue weighted by atomic mass is 9.97. The third-order valence-corrected chi connectivity index (χ3v) is 3.20. The molecule has 5 heteroatoms. The maximum Gasteiger partial charge on any atom is 0.259 e. The summed E-state index contributed by atoms with van der Waals surface area (Å²) in [6.45, 7) is 0.492. The molecule has 1 amide bonds. The maximum atomic E-state index is 13.0. The zero-order chi connectivity index (χ0) is 13.9. The second-order valence-corrected chi connectivity index (χ2v) is 4.53. The number of ether oxygens (including phenoxy) is 1. The molecule has 0 saturated heterocycles. The molecule has 2 heterocycles. The van der Waals surface area contributed by atoms with E-state index in [-0.39, 0.29) is 11.7 Å². The Morgan fingerprint density at radius 2 is 2.10 bits per heavy atom. The predicted octanol–water partition coefficient (Wildman–Crippen LogP) is 2.47. The lowest BCUT2D eigenvalue weighted by Gasteiger charge is -2.24. The van der Waals surface area contributed by atoms with E-state index in [1.807, 2.05) is 24.3 Å². The van der Waals surface area contributed by atoms with Gasteiger partial charge in [-0.15, -0.1) is 0 Å². The number of anilines is 1. The van der Waals surface area contributed by atoms with E-state index in [0.29, 0.717) is 6.61 Å². The molecule has 0 saturated carbocycles. The monoisotopic (exact) mass is 272 g/mol. The highest BCUT2D eigenvalue weighted by Gasteiger charge is 2.27. The quantitative estimate of drug-likeness (QED) is 0.854. The average molecular weight is 272 g/mol. The second kappa shape index (κ2) is 5.38. The number of halogens is 1. The lowest BCUT2D eigenvalue weighted by Crippen LogP contribution is -2.28. The van der Waals surface area contributed by atoms with Gasteiger partial charge in [-0.25, -0.2) is 4.98 Å². The van der Waals surface area contributed by atoms with Crippen LogP contribution in [0.2, 0.25) is 0 Å². The van der Waals surface area contributed by atoms with E-state index < -0.39 is 12.1 Å². The average Bonchev–Trinajstić information content (AvgIpc) is 2.46. The third kappa shape index (κ3) is 2.53. The van der Waals surface area contributed by atoms with Crippen LogP contribution < -0.4 is 5.32 Å². The summed E-state index contributed by atoms with van der Waals surface area (Å²) in [6.07, 6.45) is 0.114. The van der Waals surface area contributed by atoms with Gasteiger partial charge >= 0.3 is 0 Å². The Bertz CT molecular complexity index is 645. The van der Waals surface area contributed by atoms with Crippen molar-refractivity contribution in [2.24, 2.45) is 0 Å². The molecule has 0 bridgehead atoms. The Morgan fingerprint density at radius 3 is 2.95 bits per heavy atom. The fourth-order valence-electron chi connectivity index (χ4n) is 2.28. The Kier molecular flexibility index (Phi) is 3.43. The number of nitrogens with zero attached hydrogens (tertiary/aromatic N) is 1. The van der Waals surface area contributed by atoms with Crippen LogP contribution in [0.15, 0.2) is 42.5 Å². The summed E-state index contributed by atoms with van der Waals surface area (Å²) >= 11 is 0. The van der Waals surface area contributed by atoms with Crippen LogP contribution in [0.25, 0.3) is 0 Å². The normalized spacial score (nSPS) is 17.4. The van der Waals surface area contributed by atoms with E-state index in [1.54, 1.807) is 0 Å². The molecule has 0 aliphatic carbocycles. The van der Waals surface area contributed by atoms with E-state index >= 15 is 0 Å². The third-order valence-electron chi connectivity index (χ3n) is 3.20. The minimum absolute atomic E-state index is 0.182. The van der Waals surface area contributed by atoms with Gasteiger partial charge in [0.15, 0.2) is 6.10 Å². The van der Waals surface area contributed by atoms with Gasteiger partial charge in [0.1, 0.15) is 5.82 Å². The van der Waals surface area contributed by atoms with Crippen LogP contribution >= 0.6 is 0 Å². The summed E-state index contributed by atoms with van der Waals surface area (Å²) in [5, 5.41) is 2.58. The van der Waals surface area contributed by atoms with Gasteiger partial charge in [0.25, 0.3) is 5.91 Å². The van der Waals surface area contributed by atoms with Crippen molar-refractivity contribution in [1.82, 2.24) is 4.98 Å². The molecule has 0 spiro atoms. The van der Waals surface area contributed by atoms with Gasteiger partial charge in [-0.3, -0.25) is 4.79 Å². The number of carbonyl (C=O) groups is 1. The molecule has 4 nitrogen and oxygen atoms in total. The Morgan fingerprint density at radius 1 is 1.25 bits per heavy atom. The molecule has 20 heavy (non-hydrogen) atoms. The molecule has 1 aromatic carbocycles. The Labute approximate surface area is 115 Å². The molecule has 1 aliphatic heterocycles. The molecule has 1 N–H and O–H groups in total. The highest BCUT2D eigenvalue weighted by atomic mass is 19.1. The summed E-state index contributed by atoms with van der Waals surface area (Å²) in [7, 11) is 0. The van der Waals surface area contributed by atoms with Crippen molar-refractivity contribution < 1.29 is 13.9 Å². The molecular formula is C15H13FN2O2. The van der Waals surface area contributed by atoms with E-state index in [9.17, 15) is 9.18 Å². The molecule has 0 fully saturated rings. The van der Waals surface area contributed by atoms with Crippen LogP contribution in [0, 0.1) is 5.95 Å². The fourth-order valence-corrected chi connectivity index (χ4v) is 2.28. The van der Waals surface area contributed by atoms with E-state index in [0.717, 1.165) is 17.5 Å². The van der Waals surface area contributed by atoms with Gasteiger partial charge < -0.3 is 10.1 Å². The molecule has 1 aliphatic rings. The molecular weight excluding hydrogens is 259 g/mol. The number of hydrogen-bond donors (Lipinski definition) is 1. The van der Waals surface area contributed by atoms with Crippen molar-refractivity contribution >= 4 is 11.7 Å². The molecule has 0 radical (unpaired) electrons. The summed E-state index contributed by atoms with van der Waals surface area (Å²) in [5.41, 5.74) is 1.96. The van der Waals surface area contributed by atoms with Gasteiger partial charge in [0, 0.05) is 0 Å². The molecule has 1 aromatic heterocycles. The van der Waals surface area contributed by atoms with Gasteiger partial charge in [-0.05, 0) is 29.7 Å². The number of carbonyl (C=O) groups excluding carboxylic acids is 1. The second-order valence-electron chi connectivity index (χ2n) is 4.53. The number of fused-ring (bicyclic) bond motifs is 1. The minimum atomic E-state index is -0.676. The largest absolute Gasteiger partial charge is 0.363 e. The molecule has 102 valence electrons. The first-order valence-electron chi connectivity index (χ1n) is 6.37. The summed E-state index contributed by atoms with van der Waals surface area (Å²) in [5.74, 6) is -0.787. The van der Waals surface area contributed by atoms with E-state index in [2.05, 4.69) is 10.3 Å². The Balaban J connectivity index is 1.82. The number of hydrogen-bond acceptors (Lipinski definition) is 3. The van der Waals surface area contributed by atoms with Crippen LogP contribution in [0.1, 0.15) is 17.2 Å². The number of nitrogens with one attached hydrogen (secondary N) is 1. The number of aromatic nitrogens is 1. The van der Waals surface area contributed by atoms with Crippen LogP contribution in [0.4, 0.5) is 10.2 Å². The highest BCUT2D eigenvalue weighted by Crippen LogP contribution is 2.27. The van der Waals surface area contributed by atoms with Crippen LogP contribution in [-0.4, -0.2) is 17.5 Å². The van der Waals surface area contributed by atoms with Crippen molar-refractivity contribution in [3.63, 3.8) is 0 Å². The lowest BCUT2D eigenvalue weighted by molar-refractivity contribution is -0.128. The standard InChI is InChI=1S/C15H13FN2O2/c16-12-6-3-7-13(17-12)18-15(19)14-11-5-2-1-4-10(11)8-9-20-14/h1-7,14H,8-9H2,(H,17,18,19). The van der Waals surface area contributed by atoms with Crippen molar-refractivity contribution in [3.05, 3.63) is 59.5 Å². The zero-order valence-corrected chi connectivity index (χ0v) is 10.7. The Hall–Kier alpha value is -2.27. The highest BCUT2D eigenvalue weighted by molar-refractivity contribution is 5.94.